The van der Waals surface area contributed by atoms with Crippen molar-refractivity contribution in [2.75, 3.05) is 13.1 Å². The maximum absolute atomic E-state index is 13.7. The monoisotopic (exact) mass is 498 g/mol. The highest BCUT2D eigenvalue weighted by atomic mass is 16.6. The molecule has 37 heavy (non-hydrogen) atoms. The Balaban J connectivity index is 1.49. The number of phenols is 1. The molecule has 0 spiro atoms. The molecule has 188 valence electrons. The number of imidazole rings is 1. The molecule has 5 rings (SSSR count). The van der Waals surface area contributed by atoms with E-state index in [1.807, 2.05) is 32.9 Å². The Kier molecular flexibility index (Phi) is 5.91. The van der Waals surface area contributed by atoms with E-state index < -0.39 is 11.7 Å². The minimum absolute atomic E-state index is 0.0909. The van der Waals surface area contributed by atoms with Gasteiger partial charge in [-0.3, -0.25) is 14.1 Å². The summed E-state index contributed by atoms with van der Waals surface area (Å²) in [5.74, 6) is -0.0909. The predicted molar refractivity (Wildman–Crippen MR) is 136 cm³/mol. The van der Waals surface area contributed by atoms with Crippen molar-refractivity contribution < 1.29 is 14.6 Å². The van der Waals surface area contributed by atoms with E-state index in [1.165, 1.54) is 6.07 Å². The second-order valence-corrected chi connectivity index (χ2v) is 9.95. The lowest BCUT2D eigenvalue weighted by Gasteiger charge is -2.24. The molecule has 1 aliphatic heterocycles. The Hall–Kier alpha value is -4.65. The Bertz CT molecular complexity index is 1590. The van der Waals surface area contributed by atoms with E-state index >= 15 is 0 Å². The minimum atomic E-state index is -0.598. The van der Waals surface area contributed by atoms with Crippen LogP contribution in [0.4, 0.5) is 4.79 Å². The van der Waals surface area contributed by atoms with Crippen molar-refractivity contribution in [2.24, 2.45) is 0 Å². The lowest BCUT2D eigenvalue weighted by atomic mass is 10.1. The molecule has 0 saturated carbocycles. The maximum atomic E-state index is 13.7. The number of aromatic hydroxyl groups is 1. The van der Waals surface area contributed by atoms with Crippen LogP contribution in [-0.2, 0) is 4.74 Å². The second kappa shape index (κ2) is 9.09. The van der Waals surface area contributed by atoms with Crippen LogP contribution in [-0.4, -0.2) is 53.9 Å². The van der Waals surface area contributed by atoms with E-state index in [4.69, 9.17) is 4.74 Å². The number of ether oxygens (including phenoxy) is 1. The smallest absolute Gasteiger partial charge is 0.410 e. The highest BCUT2D eigenvalue weighted by molar-refractivity contribution is 5.75. The van der Waals surface area contributed by atoms with E-state index in [0.717, 1.165) is 0 Å². The second-order valence-electron chi connectivity index (χ2n) is 9.95. The number of likely N-dealkylation sites (tertiary alicyclic amines) is 1. The molecule has 4 aromatic rings. The Morgan fingerprint density at radius 2 is 2.00 bits per heavy atom. The third-order valence-electron chi connectivity index (χ3n) is 6.23. The lowest BCUT2D eigenvalue weighted by molar-refractivity contribution is 0.0289. The van der Waals surface area contributed by atoms with E-state index in [1.54, 1.807) is 56.8 Å². The van der Waals surface area contributed by atoms with Gasteiger partial charge in [0.15, 0.2) is 5.65 Å². The Morgan fingerprint density at radius 1 is 1.19 bits per heavy atom. The number of fused-ring (bicyclic) bond motifs is 1. The number of phenolic OH excluding ortho intramolecular Hbond substituents is 1. The number of nitrogens with zero attached hydrogens (tertiary/aromatic N) is 6. The molecule has 3 aromatic heterocycles. The molecular formula is C27H26N6O4. The van der Waals surface area contributed by atoms with Crippen LogP contribution in [0, 0.1) is 11.3 Å². The quantitative estimate of drug-likeness (QED) is 0.452. The molecule has 0 radical (unpaired) electrons. The van der Waals surface area contributed by atoms with Gasteiger partial charge in [-0.1, -0.05) is 0 Å². The third kappa shape index (κ3) is 4.51. The first kappa shape index (κ1) is 24.1. The van der Waals surface area contributed by atoms with Crippen LogP contribution >= 0.6 is 0 Å². The molecule has 1 saturated heterocycles. The number of rotatable bonds is 3. The van der Waals surface area contributed by atoms with Gasteiger partial charge in [0.05, 0.1) is 34.7 Å². The summed E-state index contributed by atoms with van der Waals surface area (Å²) in [6, 6.07) is 13.5. The summed E-state index contributed by atoms with van der Waals surface area (Å²) in [5.41, 5.74) is 2.29. The molecule has 0 bridgehead atoms. The zero-order valence-electron chi connectivity index (χ0n) is 20.8. The minimum Gasteiger partial charge on any atom is -0.507 e. The fourth-order valence-corrected chi connectivity index (χ4v) is 4.55. The number of hydrogen-bond donors (Lipinski definition) is 1. The highest BCUT2D eigenvalue weighted by Crippen LogP contribution is 2.28. The van der Waals surface area contributed by atoms with Crippen LogP contribution in [0.15, 0.2) is 59.7 Å². The number of pyridine rings is 2. The number of carbonyl (C=O) groups is 1. The van der Waals surface area contributed by atoms with Gasteiger partial charge in [-0.05, 0) is 69.7 Å². The topological polar surface area (TPSA) is 126 Å². The number of hydrogen-bond acceptors (Lipinski definition) is 7. The van der Waals surface area contributed by atoms with Crippen molar-refractivity contribution in [1.29, 1.82) is 5.26 Å². The van der Waals surface area contributed by atoms with Crippen LogP contribution in [0.1, 0.15) is 38.8 Å². The van der Waals surface area contributed by atoms with Crippen molar-refractivity contribution in [3.05, 3.63) is 70.9 Å². The molecule has 1 N–H and O–H groups in total. The van der Waals surface area contributed by atoms with Crippen LogP contribution in [0.25, 0.3) is 28.1 Å². The summed E-state index contributed by atoms with van der Waals surface area (Å²) in [6.45, 7) is 6.31. The summed E-state index contributed by atoms with van der Waals surface area (Å²) in [6.07, 6.45) is 3.44. The van der Waals surface area contributed by atoms with Gasteiger partial charge in [-0.2, -0.15) is 5.26 Å². The Morgan fingerprint density at radius 3 is 2.70 bits per heavy atom. The van der Waals surface area contributed by atoms with Gasteiger partial charge in [0.25, 0.3) is 0 Å². The van der Waals surface area contributed by atoms with Gasteiger partial charge in [0, 0.05) is 24.8 Å². The van der Waals surface area contributed by atoms with Gasteiger partial charge in [-0.25, -0.2) is 14.6 Å². The summed E-state index contributed by atoms with van der Waals surface area (Å²) in [5, 5.41) is 19.0. The molecule has 10 nitrogen and oxygen atoms in total. The molecule has 1 amide bonds. The molecule has 1 aliphatic rings. The summed E-state index contributed by atoms with van der Waals surface area (Å²) in [7, 11) is 0. The van der Waals surface area contributed by atoms with Gasteiger partial charge >= 0.3 is 11.8 Å². The van der Waals surface area contributed by atoms with Crippen LogP contribution in [0.2, 0.25) is 0 Å². The lowest BCUT2D eigenvalue weighted by Crippen LogP contribution is -2.36. The van der Waals surface area contributed by atoms with Crippen molar-refractivity contribution in [3.63, 3.8) is 0 Å². The highest BCUT2D eigenvalue weighted by Gasteiger charge is 2.33. The number of amides is 1. The number of nitriles is 1. The van der Waals surface area contributed by atoms with Crippen LogP contribution in [0.5, 0.6) is 5.75 Å². The van der Waals surface area contributed by atoms with Crippen molar-refractivity contribution in [1.82, 2.24) is 24.0 Å². The molecule has 1 aromatic carbocycles. The van der Waals surface area contributed by atoms with Crippen molar-refractivity contribution >= 4 is 17.3 Å². The van der Waals surface area contributed by atoms with E-state index in [2.05, 4.69) is 9.97 Å². The van der Waals surface area contributed by atoms with Gasteiger partial charge < -0.3 is 14.7 Å². The number of aromatic nitrogens is 4. The fraction of sp³-hybridized carbons (Fsp3) is 0.296. The largest absolute Gasteiger partial charge is 0.507 e. The van der Waals surface area contributed by atoms with Gasteiger partial charge in [-0.15, -0.1) is 0 Å². The molecule has 10 heteroatoms. The maximum Gasteiger partial charge on any atom is 0.410 e. The molecule has 1 atom stereocenters. The van der Waals surface area contributed by atoms with Gasteiger partial charge in [0.2, 0.25) is 0 Å². The number of benzene rings is 1. The van der Waals surface area contributed by atoms with E-state index in [9.17, 15) is 20.0 Å². The zero-order chi connectivity index (χ0) is 26.3. The first-order valence-corrected chi connectivity index (χ1v) is 11.9. The fourth-order valence-electron chi connectivity index (χ4n) is 4.55. The predicted octanol–water partition coefficient (Wildman–Crippen LogP) is 4.01. The van der Waals surface area contributed by atoms with E-state index in [0.29, 0.717) is 47.6 Å². The van der Waals surface area contributed by atoms with Crippen LogP contribution < -0.4 is 5.69 Å². The molecular weight excluding hydrogens is 472 g/mol. The standard InChI is InChI=1S/C27H26N6O4/c1-27(2,3)37-26(36)31-12-10-20(16-31)33-24-22(5-4-11-29-24)32(25(33)35)19-7-8-21(30-15-19)17-6-9-23(34)18(13-17)14-28/h4-9,11,13,15,20,34H,10,12,16H2,1-3H3/t20-/m0/s1. The molecule has 1 fully saturated rings. The molecule has 4 heterocycles. The summed E-state index contributed by atoms with van der Waals surface area (Å²) in [4.78, 5) is 36.9. The van der Waals surface area contributed by atoms with Crippen molar-refractivity contribution in [2.45, 2.75) is 38.8 Å². The molecule has 0 unspecified atom stereocenters. The number of carbonyl (C=O) groups excluding carboxylic acids is 1. The van der Waals surface area contributed by atoms with Crippen molar-refractivity contribution in [3.8, 4) is 28.8 Å². The van der Waals surface area contributed by atoms with Crippen LogP contribution in [0.3, 0.4) is 0 Å². The average molecular weight is 499 g/mol. The first-order valence-electron chi connectivity index (χ1n) is 11.9. The average Bonchev–Trinajstić information content (AvgIpc) is 3.45. The SMILES string of the molecule is CC(C)(C)OC(=O)N1CC[C@H](n2c(=O)n(-c3ccc(-c4ccc(O)c(C#N)c4)nc3)c3cccnc32)C1. The summed E-state index contributed by atoms with van der Waals surface area (Å²) >= 11 is 0. The zero-order valence-corrected chi connectivity index (χ0v) is 20.8. The first-order chi connectivity index (χ1) is 17.7. The summed E-state index contributed by atoms with van der Waals surface area (Å²) < 4.78 is 8.71. The van der Waals surface area contributed by atoms with Gasteiger partial charge in [0.1, 0.15) is 17.4 Å². The molecule has 0 aliphatic carbocycles. The normalized spacial score (nSPS) is 15.6. The third-order valence-corrected chi connectivity index (χ3v) is 6.23. The van der Waals surface area contributed by atoms with E-state index in [-0.39, 0.29) is 23.0 Å². The Labute approximate surface area is 213 Å².